The molecular formula is C13H18O4. The predicted molar refractivity (Wildman–Crippen MR) is 65.0 cm³/mol. The van der Waals surface area contributed by atoms with Gasteiger partial charge >= 0.3 is 0 Å². The van der Waals surface area contributed by atoms with Crippen LogP contribution in [0.4, 0.5) is 0 Å². The number of benzene rings is 1. The Labute approximate surface area is 101 Å². The van der Waals surface area contributed by atoms with Crippen LogP contribution < -0.4 is 9.47 Å². The predicted octanol–water partition coefficient (Wildman–Crippen LogP) is 2.31. The summed E-state index contributed by atoms with van der Waals surface area (Å²) in [7, 11) is 3.05. The first-order valence-corrected chi connectivity index (χ1v) is 5.46. The van der Waals surface area contributed by atoms with Crippen molar-refractivity contribution in [2.24, 2.45) is 0 Å². The first-order chi connectivity index (χ1) is 8.10. The maximum atomic E-state index is 12.0. The normalized spacial score (nSPS) is 10.4. The monoisotopic (exact) mass is 238 g/mol. The third-order valence-electron chi connectivity index (χ3n) is 2.25. The molecule has 0 saturated carbocycles. The molecule has 0 atom stereocenters. The number of ketones is 1. The van der Waals surface area contributed by atoms with Crippen LogP contribution in [0.2, 0.25) is 0 Å². The lowest BCUT2D eigenvalue weighted by atomic mass is 10.1. The lowest BCUT2D eigenvalue weighted by Crippen LogP contribution is -2.15. The number of carbonyl (C=O) groups is 1. The van der Waals surface area contributed by atoms with E-state index in [-0.39, 0.29) is 18.5 Å². The molecule has 0 aromatic heterocycles. The summed E-state index contributed by atoms with van der Waals surface area (Å²) in [5.74, 6) is 0.858. The van der Waals surface area contributed by atoms with Gasteiger partial charge in [-0.1, -0.05) is 6.07 Å². The zero-order valence-corrected chi connectivity index (χ0v) is 10.6. The van der Waals surface area contributed by atoms with Gasteiger partial charge in [0.25, 0.3) is 0 Å². The molecular weight excluding hydrogens is 220 g/mol. The Bertz CT molecular complexity index is 363. The Hall–Kier alpha value is -1.55. The lowest BCUT2D eigenvalue weighted by molar-refractivity contribution is 0.0580. The molecule has 0 aliphatic heterocycles. The van der Waals surface area contributed by atoms with Crippen molar-refractivity contribution in [2.45, 2.75) is 20.0 Å². The number of methoxy groups -OCH3 is 2. The van der Waals surface area contributed by atoms with Crippen molar-refractivity contribution in [3.8, 4) is 11.5 Å². The summed E-state index contributed by atoms with van der Waals surface area (Å²) in [6.07, 6.45) is 0.0136. The van der Waals surface area contributed by atoms with Gasteiger partial charge in [-0.3, -0.25) is 4.79 Å². The Morgan fingerprint density at radius 2 is 1.71 bits per heavy atom. The summed E-state index contributed by atoms with van der Waals surface area (Å²) >= 11 is 0. The maximum Gasteiger partial charge on any atom is 0.195 e. The molecule has 94 valence electrons. The molecule has 0 bridgehead atoms. The maximum absolute atomic E-state index is 12.0. The van der Waals surface area contributed by atoms with E-state index in [9.17, 15) is 4.79 Å². The van der Waals surface area contributed by atoms with Crippen LogP contribution in [-0.2, 0) is 4.74 Å². The Morgan fingerprint density at radius 3 is 2.12 bits per heavy atom. The molecule has 0 spiro atoms. The second-order valence-electron chi connectivity index (χ2n) is 3.82. The molecule has 0 aliphatic rings. The Kier molecular flexibility index (Phi) is 4.97. The number of carbonyl (C=O) groups excluding carboxylic acids is 1. The van der Waals surface area contributed by atoms with Crippen LogP contribution in [0.1, 0.15) is 24.2 Å². The van der Waals surface area contributed by atoms with Crippen LogP contribution >= 0.6 is 0 Å². The van der Waals surface area contributed by atoms with Crippen molar-refractivity contribution in [1.82, 2.24) is 0 Å². The van der Waals surface area contributed by atoms with Gasteiger partial charge in [-0.15, -0.1) is 0 Å². The fourth-order valence-electron chi connectivity index (χ4n) is 1.44. The molecule has 1 aromatic rings. The van der Waals surface area contributed by atoms with Gasteiger partial charge in [-0.2, -0.15) is 0 Å². The molecule has 4 nitrogen and oxygen atoms in total. The molecule has 0 heterocycles. The highest BCUT2D eigenvalue weighted by Crippen LogP contribution is 2.28. The van der Waals surface area contributed by atoms with E-state index in [1.54, 1.807) is 18.2 Å². The summed E-state index contributed by atoms with van der Waals surface area (Å²) < 4.78 is 15.6. The van der Waals surface area contributed by atoms with Crippen LogP contribution in [0, 0.1) is 0 Å². The molecule has 17 heavy (non-hydrogen) atoms. The third kappa shape index (κ3) is 3.46. The smallest absolute Gasteiger partial charge is 0.195 e. The Morgan fingerprint density at radius 1 is 1.18 bits per heavy atom. The molecule has 1 aromatic carbocycles. The van der Waals surface area contributed by atoms with Gasteiger partial charge in [-0.25, -0.2) is 0 Å². The number of ether oxygens (including phenoxy) is 3. The summed E-state index contributed by atoms with van der Waals surface area (Å²) in [6.45, 7) is 3.79. The van der Waals surface area contributed by atoms with Gasteiger partial charge in [0.05, 0.1) is 20.3 Å². The highest BCUT2D eigenvalue weighted by molar-refractivity contribution is 6.02. The van der Waals surface area contributed by atoms with Crippen molar-refractivity contribution in [1.29, 1.82) is 0 Å². The van der Waals surface area contributed by atoms with E-state index >= 15 is 0 Å². The SMILES string of the molecule is COc1cccc(OC)c1C(=O)COC(C)C. The number of Topliss-reactive ketones (excluding diaryl/α,β-unsaturated/α-hetero) is 1. The molecule has 0 radical (unpaired) electrons. The molecule has 0 unspecified atom stereocenters. The summed E-state index contributed by atoms with van der Waals surface area (Å²) in [6, 6.07) is 5.23. The highest BCUT2D eigenvalue weighted by Gasteiger charge is 2.18. The molecule has 0 aliphatic carbocycles. The summed E-state index contributed by atoms with van der Waals surface area (Å²) in [5.41, 5.74) is 0.429. The van der Waals surface area contributed by atoms with E-state index in [0.717, 1.165) is 0 Å². The van der Waals surface area contributed by atoms with Gasteiger partial charge in [-0.05, 0) is 26.0 Å². The quantitative estimate of drug-likeness (QED) is 0.713. The topological polar surface area (TPSA) is 44.8 Å². The van der Waals surface area contributed by atoms with Crippen molar-refractivity contribution in [3.05, 3.63) is 23.8 Å². The van der Waals surface area contributed by atoms with Crippen LogP contribution in [-0.4, -0.2) is 32.7 Å². The average molecular weight is 238 g/mol. The van der Waals surface area contributed by atoms with Gasteiger partial charge in [0.15, 0.2) is 5.78 Å². The molecule has 0 N–H and O–H groups in total. The van der Waals surface area contributed by atoms with Crippen LogP contribution in [0.5, 0.6) is 11.5 Å². The number of hydrogen-bond acceptors (Lipinski definition) is 4. The van der Waals surface area contributed by atoms with Gasteiger partial charge in [0, 0.05) is 0 Å². The number of rotatable bonds is 6. The fraction of sp³-hybridized carbons (Fsp3) is 0.462. The minimum absolute atomic E-state index is 0.0136. The summed E-state index contributed by atoms with van der Waals surface area (Å²) in [4.78, 5) is 12.0. The van der Waals surface area contributed by atoms with E-state index in [2.05, 4.69) is 0 Å². The van der Waals surface area contributed by atoms with Crippen LogP contribution in [0.3, 0.4) is 0 Å². The van der Waals surface area contributed by atoms with E-state index in [0.29, 0.717) is 17.1 Å². The first-order valence-electron chi connectivity index (χ1n) is 5.46. The van der Waals surface area contributed by atoms with Gasteiger partial charge in [0.1, 0.15) is 23.7 Å². The van der Waals surface area contributed by atoms with Gasteiger partial charge in [0.2, 0.25) is 0 Å². The molecule has 0 saturated heterocycles. The largest absolute Gasteiger partial charge is 0.496 e. The first kappa shape index (κ1) is 13.5. The minimum Gasteiger partial charge on any atom is -0.496 e. The lowest BCUT2D eigenvalue weighted by Gasteiger charge is -2.13. The van der Waals surface area contributed by atoms with Gasteiger partial charge < -0.3 is 14.2 Å². The molecule has 0 amide bonds. The van der Waals surface area contributed by atoms with E-state index in [4.69, 9.17) is 14.2 Å². The highest BCUT2D eigenvalue weighted by atomic mass is 16.5. The molecule has 1 rings (SSSR count). The minimum atomic E-state index is -0.145. The second kappa shape index (κ2) is 6.25. The summed E-state index contributed by atoms with van der Waals surface area (Å²) in [5, 5.41) is 0. The van der Waals surface area contributed by atoms with E-state index in [1.807, 2.05) is 13.8 Å². The van der Waals surface area contributed by atoms with Crippen molar-refractivity contribution in [2.75, 3.05) is 20.8 Å². The standard InChI is InChI=1S/C13H18O4/c1-9(2)17-8-10(14)13-11(15-3)6-5-7-12(13)16-4/h5-7,9H,8H2,1-4H3. The van der Waals surface area contributed by atoms with Crippen molar-refractivity contribution >= 4 is 5.78 Å². The fourth-order valence-corrected chi connectivity index (χ4v) is 1.44. The van der Waals surface area contributed by atoms with Crippen molar-refractivity contribution in [3.63, 3.8) is 0 Å². The Balaban J connectivity index is 2.97. The van der Waals surface area contributed by atoms with Crippen LogP contribution in [0.25, 0.3) is 0 Å². The average Bonchev–Trinajstić information content (AvgIpc) is 2.34. The molecule has 4 heteroatoms. The van der Waals surface area contributed by atoms with Crippen LogP contribution in [0.15, 0.2) is 18.2 Å². The third-order valence-corrected chi connectivity index (χ3v) is 2.25. The van der Waals surface area contributed by atoms with Crippen molar-refractivity contribution < 1.29 is 19.0 Å². The van der Waals surface area contributed by atoms with E-state index in [1.165, 1.54) is 14.2 Å². The van der Waals surface area contributed by atoms with E-state index < -0.39 is 0 Å². The second-order valence-corrected chi connectivity index (χ2v) is 3.82. The zero-order valence-electron chi connectivity index (χ0n) is 10.6. The zero-order chi connectivity index (χ0) is 12.8. The molecule has 0 fully saturated rings. The number of hydrogen-bond donors (Lipinski definition) is 0.